The Balaban J connectivity index is 2.99. The van der Waals surface area contributed by atoms with E-state index < -0.39 is 18.2 Å². The Morgan fingerprint density at radius 3 is 2.53 bits per heavy atom. The smallest absolute Gasteiger partial charge is 0.337 e. The topological polar surface area (TPSA) is 98.0 Å². The number of carboxylic acids is 1. The lowest BCUT2D eigenvalue weighted by atomic mass is 10.0. The maximum atomic E-state index is 10.8. The lowest BCUT2D eigenvalue weighted by Crippen LogP contribution is -2.19. The molecule has 1 aromatic carbocycles. The van der Waals surface area contributed by atoms with Crippen LogP contribution in [0.25, 0.3) is 0 Å². The standard InChI is InChI=1S/C11H13ClO5/c12-8-2-1-6(5-7(8)11(16)17)10(15)9(14)3-4-13/h1-2,5,9-10,13-15H,3-4H2,(H,16,17). The van der Waals surface area contributed by atoms with Crippen molar-refractivity contribution in [3.05, 3.63) is 34.3 Å². The van der Waals surface area contributed by atoms with E-state index in [1.165, 1.54) is 18.2 Å². The summed E-state index contributed by atoms with van der Waals surface area (Å²) in [4.78, 5) is 10.8. The van der Waals surface area contributed by atoms with E-state index in [1.54, 1.807) is 0 Å². The van der Waals surface area contributed by atoms with Crippen LogP contribution in [0, 0.1) is 0 Å². The van der Waals surface area contributed by atoms with Gasteiger partial charge in [-0.25, -0.2) is 4.79 Å². The Morgan fingerprint density at radius 2 is 2.00 bits per heavy atom. The molecule has 0 heterocycles. The fourth-order valence-corrected chi connectivity index (χ4v) is 1.60. The van der Waals surface area contributed by atoms with E-state index in [-0.39, 0.29) is 29.2 Å². The van der Waals surface area contributed by atoms with Gasteiger partial charge in [0.05, 0.1) is 16.7 Å². The first kappa shape index (κ1) is 13.9. The van der Waals surface area contributed by atoms with Gasteiger partial charge in [0.15, 0.2) is 0 Å². The third-order valence-electron chi connectivity index (χ3n) is 2.35. The van der Waals surface area contributed by atoms with Gasteiger partial charge in [-0.1, -0.05) is 17.7 Å². The monoisotopic (exact) mass is 260 g/mol. The SMILES string of the molecule is O=C(O)c1cc(C(O)C(O)CCO)ccc1Cl. The molecule has 0 aliphatic rings. The fourth-order valence-electron chi connectivity index (χ4n) is 1.40. The molecule has 0 aliphatic heterocycles. The quantitative estimate of drug-likeness (QED) is 0.628. The third kappa shape index (κ3) is 3.41. The molecule has 5 nitrogen and oxygen atoms in total. The van der Waals surface area contributed by atoms with Crippen LogP contribution in [0.3, 0.4) is 0 Å². The van der Waals surface area contributed by atoms with Gasteiger partial charge in [0, 0.05) is 6.61 Å². The van der Waals surface area contributed by atoms with E-state index >= 15 is 0 Å². The number of aromatic carboxylic acids is 1. The van der Waals surface area contributed by atoms with Crippen LogP contribution in [0.2, 0.25) is 5.02 Å². The zero-order valence-corrected chi connectivity index (χ0v) is 9.63. The zero-order valence-electron chi connectivity index (χ0n) is 8.88. The maximum absolute atomic E-state index is 10.8. The minimum atomic E-state index is -1.25. The number of aliphatic hydroxyl groups is 3. The van der Waals surface area contributed by atoms with Gasteiger partial charge in [0.2, 0.25) is 0 Å². The van der Waals surface area contributed by atoms with Gasteiger partial charge < -0.3 is 20.4 Å². The van der Waals surface area contributed by atoms with E-state index in [1.807, 2.05) is 0 Å². The van der Waals surface area contributed by atoms with Crippen molar-refractivity contribution in [2.45, 2.75) is 18.6 Å². The Morgan fingerprint density at radius 1 is 1.35 bits per heavy atom. The number of benzene rings is 1. The highest BCUT2D eigenvalue weighted by Crippen LogP contribution is 2.24. The molecule has 1 aromatic rings. The molecule has 2 atom stereocenters. The second-order valence-electron chi connectivity index (χ2n) is 3.57. The predicted octanol–water partition coefficient (Wildman–Crippen LogP) is 0.815. The van der Waals surface area contributed by atoms with E-state index in [0.717, 1.165) is 0 Å². The summed E-state index contributed by atoms with van der Waals surface area (Å²) in [6, 6.07) is 3.98. The number of hydrogen-bond acceptors (Lipinski definition) is 4. The minimum Gasteiger partial charge on any atom is -0.478 e. The Hall–Kier alpha value is -1.14. The molecular weight excluding hydrogens is 248 g/mol. The van der Waals surface area contributed by atoms with Gasteiger partial charge >= 0.3 is 5.97 Å². The predicted molar refractivity (Wildman–Crippen MR) is 61.1 cm³/mol. The molecule has 0 saturated heterocycles. The van der Waals surface area contributed by atoms with Gasteiger partial charge in [-0.3, -0.25) is 0 Å². The van der Waals surface area contributed by atoms with Crippen molar-refractivity contribution in [2.75, 3.05) is 6.61 Å². The molecule has 1 rings (SSSR count). The van der Waals surface area contributed by atoms with Gasteiger partial charge in [-0.05, 0) is 24.1 Å². The summed E-state index contributed by atoms with van der Waals surface area (Å²) in [5.41, 5.74) is 0.104. The molecule has 0 radical (unpaired) electrons. The number of carbonyl (C=O) groups is 1. The average molecular weight is 261 g/mol. The van der Waals surface area contributed by atoms with E-state index in [9.17, 15) is 15.0 Å². The number of carboxylic acid groups (broad SMARTS) is 1. The van der Waals surface area contributed by atoms with Crippen LogP contribution in [0.4, 0.5) is 0 Å². The summed E-state index contributed by atoms with van der Waals surface area (Å²) in [6.45, 7) is -0.266. The first-order chi connectivity index (χ1) is 7.97. The lowest BCUT2D eigenvalue weighted by Gasteiger charge is -2.17. The summed E-state index contributed by atoms with van der Waals surface area (Å²) < 4.78 is 0. The first-order valence-electron chi connectivity index (χ1n) is 4.97. The van der Waals surface area contributed by atoms with Crippen molar-refractivity contribution in [1.29, 1.82) is 0 Å². The molecule has 0 amide bonds. The summed E-state index contributed by atoms with van der Waals surface area (Å²) in [5, 5.41) is 36.7. The van der Waals surface area contributed by atoms with Crippen LogP contribution >= 0.6 is 11.6 Å². The van der Waals surface area contributed by atoms with Gasteiger partial charge in [-0.15, -0.1) is 0 Å². The van der Waals surface area contributed by atoms with Crippen LogP contribution in [0.15, 0.2) is 18.2 Å². The Kier molecular flexibility index (Phi) is 4.89. The lowest BCUT2D eigenvalue weighted by molar-refractivity contribution is 0.00415. The molecule has 0 fully saturated rings. The molecule has 0 aliphatic carbocycles. The molecule has 4 N–H and O–H groups in total. The van der Waals surface area contributed by atoms with Crippen LogP contribution in [-0.2, 0) is 0 Å². The van der Waals surface area contributed by atoms with Crippen molar-refractivity contribution in [3.8, 4) is 0 Å². The molecule has 17 heavy (non-hydrogen) atoms. The van der Waals surface area contributed by atoms with Crippen LogP contribution in [-0.4, -0.2) is 39.1 Å². The largest absolute Gasteiger partial charge is 0.478 e. The highest BCUT2D eigenvalue weighted by atomic mass is 35.5. The van der Waals surface area contributed by atoms with Crippen LogP contribution in [0.1, 0.15) is 28.4 Å². The molecular formula is C11H13ClO5. The van der Waals surface area contributed by atoms with Crippen molar-refractivity contribution in [3.63, 3.8) is 0 Å². The van der Waals surface area contributed by atoms with Crippen LogP contribution in [0.5, 0.6) is 0 Å². The van der Waals surface area contributed by atoms with E-state index in [0.29, 0.717) is 0 Å². The third-order valence-corrected chi connectivity index (χ3v) is 2.68. The van der Waals surface area contributed by atoms with Crippen molar-refractivity contribution >= 4 is 17.6 Å². The number of halogens is 1. The summed E-state index contributed by atoms with van der Waals surface area (Å²) in [7, 11) is 0. The highest BCUT2D eigenvalue weighted by molar-refractivity contribution is 6.33. The minimum absolute atomic E-state index is 0.00615. The van der Waals surface area contributed by atoms with E-state index in [4.69, 9.17) is 21.8 Å². The summed E-state index contributed by atoms with van der Waals surface area (Å²) >= 11 is 5.67. The number of rotatable bonds is 5. The van der Waals surface area contributed by atoms with Crippen LogP contribution < -0.4 is 0 Å². The molecule has 0 bridgehead atoms. The fraction of sp³-hybridized carbons (Fsp3) is 0.364. The van der Waals surface area contributed by atoms with Crippen molar-refractivity contribution in [1.82, 2.24) is 0 Å². The normalized spacial score (nSPS) is 14.4. The molecule has 2 unspecified atom stereocenters. The zero-order chi connectivity index (χ0) is 13.0. The molecule has 0 spiro atoms. The first-order valence-corrected chi connectivity index (χ1v) is 5.35. The highest BCUT2D eigenvalue weighted by Gasteiger charge is 2.20. The van der Waals surface area contributed by atoms with Crippen molar-refractivity contribution < 1.29 is 25.2 Å². The van der Waals surface area contributed by atoms with Gasteiger partial charge in [0.1, 0.15) is 6.10 Å². The maximum Gasteiger partial charge on any atom is 0.337 e. The summed E-state index contributed by atoms with van der Waals surface area (Å²) in [6.07, 6.45) is -2.40. The number of aliphatic hydroxyl groups excluding tert-OH is 3. The average Bonchev–Trinajstić information content (AvgIpc) is 2.28. The Bertz CT molecular complexity index is 407. The molecule has 0 aromatic heterocycles. The van der Waals surface area contributed by atoms with Crippen molar-refractivity contribution in [2.24, 2.45) is 0 Å². The molecule has 0 saturated carbocycles. The second-order valence-corrected chi connectivity index (χ2v) is 3.98. The summed E-state index contributed by atoms with van der Waals surface area (Å²) in [5.74, 6) is -1.21. The number of hydrogen-bond donors (Lipinski definition) is 4. The van der Waals surface area contributed by atoms with Gasteiger partial charge in [-0.2, -0.15) is 0 Å². The molecule has 6 heteroatoms. The second kappa shape index (κ2) is 5.97. The van der Waals surface area contributed by atoms with E-state index in [2.05, 4.69) is 0 Å². The Labute approximate surface area is 103 Å². The van der Waals surface area contributed by atoms with Gasteiger partial charge in [0.25, 0.3) is 0 Å². The molecule has 94 valence electrons.